The molecule has 0 bridgehead atoms. The zero-order valence-electron chi connectivity index (χ0n) is 11.0. The molecule has 0 atom stereocenters. The first-order chi connectivity index (χ1) is 10.2. The fourth-order valence-corrected chi connectivity index (χ4v) is 1.94. The van der Waals surface area contributed by atoms with Crippen LogP contribution in [0.25, 0.3) is 11.0 Å². The van der Waals surface area contributed by atoms with Gasteiger partial charge < -0.3 is 9.52 Å². The summed E-state index contributed by atoms with van der Waals surface area (Å²) in [5, 5.41) is 13.8. The van der Waals surface area contributed by atoms with Crippen molar-refractivity contribution in [1.29, 1.82) is 0 Å². The molecule has 0 aliphatic heterocycles. The number of para-hydroxylation sites is 1. The number of nitrogens with zero attached hydrogens (tertiary/aromatic N) is 1. The minimum atomic E-state index is -0.338. The summed E-state index contributed by atoms with van der Waals surface area (Å²) in [5.74, 6) is -0.156. The van der Waals surface area contributed by atoms with Gasteiger partial charge in [0.05, 0.1) is 11.8 Å². The lowest BCUT2D eigenvalue weighted by Crippen LogP contribution is -2.17. The Labute approximate surface area is 120 Å². The summed E-state index contributed by atoms with van der Waals surface area (Å²) in [6.07, 6.45) is 2.91. The lowest BCUT2D eigenvalue weighted by molar-refractivity contribution is 0.0956. The number of amides is 1. The second-order valence-electron chi connectivity index (χ2n) is 4.44. The quantitative estimate of drug-likeness (QED) is 0.572. The Hall–Kier alpha value is -3.08. The van der Waals surface area contributed by atoms with E-state index in [1.54, 1.807) is 30.3 Å². The molecular formula is C16H12N2O3. The Morgan fingerprint density at radius 2 is 1.90 bits per heavy atom. The number of nitrogens with one attached hydrogen (secondary N) is 1. The number of carbonyl (C=O) groups excluding carboxylic acids is 1. The molecule has 5 heteroatoms. The van der Waals surface area contributed by atoms with Crippen molar-refractivity contribution in [2.24, 2.45) is 5.10 Å². The molecule has 3 rings (SSSR count). The largest absolute Gasteiger partial charge is 0.508 e. The standard InChI is InChI=1S/C16H12N2O3/c19-12-7-5-11(6-8-12)9-17-18-16(20)14-10-21-15-4-2-1-3-13(14)15/h1-10,19H,(H,18,20)/b17-9+. The molecule has 1 amide bonds. The summed E-state index contributed by atoms with van der Waals surface area (Å²) in [6, 6.07) is 13.8. The van der Waals surface area contributed by atoms with Crippen molar-refractivity contribution in [3.8, 4) is 5.75 Å². The van der Waals surface area contributed by atoms with E-state index in [1.807, 2.05) is 18.2 Å². The van der Waals surface area contributed by atoms with Gasteiger partial charge in [0.1, 0.15) is 17.6 Å². The lowest BCUT2D eigenvalue weighted by Gasteiger charge is -1.97. The van der Waals surface area contributed by atoms with Crippen molar-refractivity contribution < 1.29 is 14.3 Å². The number of fused-ring (bicyclic) bond motifs is 1. The molecule has 0 unspecified atom stereocenters. The molecule has 2 aromatic carbocycles. The highest BCUT2D eigenvalue weighted by Gasteiger charge is 2.12. The summed E-state index contributed by atoms with van der Waals surface area (Å²) in [4.78, 5) is 12.0. The molecule has 0 aliphatic carbocycles. The van der Waals surface area contributed by atoms with Crippen LogP contribution in [-0.2, 0) is 0 Å². The Balaban J connectivity index is 1.73. The zero-order valence-corrected chi connectivity index (χ0v) is 11.0. The minimum absolute atomic E-state index is 0.182. The van der Waals surface area contributed by atoms with Crippen molar-refractivity contribution in [1.82, 2.24) is 5.43 Å². The molecule has 0 saturated carbocycles. The second-order valence-corrected chi connectivity index (χ2v) is 4.44. The molecule has 104 valence electrons. The summed E-state index contributed by atoms with van der Waals surface area (Å²) in [7, 11) is 0. The van der Waals surface area contributed by atoms with E-state index < -0.39 is 0 Å². The summed E-state index contributed by atoms with van der Waals surface area (Å²) >= 11 is 0. The molecule has 0 saturated heterocycles. The van der Waals surface area contributed by atoms with Crippen LogP contribution in [0.2, 0.25) is 0 Å². The maximum atomic E-state index is 12.0. The first kappa shape index (κ1) is 12.9. The molecule has 1 heterocycles. The number of furan rings is 1. The number of phenolic OH excluding ortho intramolecular Hbond substituents is 1. The average molecular weight is 280 g/mol. The molecular weight excluding hydrogens is 268 g/mol. The molecule has 21 heavy (non-hydrogen) atoms. The van der Waals surface area contributed by atoms with Crippen LogP contribution in [0.15, 0.2) is 64.3 Å². The third kappa shape index (κ3) is 2.76. The lowest BCUT2D eigenvalue weighted by atomic mass is 10.2. The van der Waals surface area contributed by atoms with Gasteiger partial charge in [-0.15, -0.1) is 0 Å². The minimum Gasteiger partial charge on any atom is -0.508 e. The van der Waals surface area contributed by atoms with Crippen LogP contribution >= 0.6 is 0 Å². The van der Waals surface area contributed by atoms with Crippen molar-refractivity contribution in [3.63, 3.8) is 0 Å². The Bertz CT molecular complexity index is 804. The first-order valence-corrected chi connectivity index (χ1v) is 6.33. The molecule has 0 spiro atoms. The van der Waals surface area contributed by atoms with Gasteiger partial charge in [-0.2, -0.15) is 5.10 Å². The SMILES string of the molecule is O=C(N/N=C/c1ccc(O)cc1)c1coc2ccccc12. The zero-order chi connectivity index (χ0) is 14.7. The van der Waals surface area contributed by atoms with Gasteiger partial charge in [-0.3, -0.25) is 4.79 Å². The van der Waals surface area contributed by atoms with Gasteiger partial charge in [0, 0.05) is 5.39 Å². The van der Waals surface area contributed by atoms with Crippen LogP contribution in [-0.4, -0.2) is 17.2 Å². The van der Waals surface area contributed by atoms with E-state index in [0.29, 0.717) is 11.1 Å². The highest BCUT2D eigenvalue weighted by molar-refractivity contribution is 6.06. The third-order valence-electron chi connectivity index (χ3n) is 3.00. The van der Waals surface area contributed by atoms with Gasteiger partial charge in [0.2, 0.25) is 0 Å². The van der Waals surface area contributed by atoms with Gasteiger partial charge in [-0.05, 0) is 35.9 Å². The number of hydrogen-bond donors (Lipinski definition) is 2. The van der Waals surface area contributed by atoms with Crippen LogP contribution in [0.5, 0.6) is 5.75 Å². The Kier molecular flexibility index (Phi) is 3.39. The molecule has 0 fully saturated rings. The smallest absolute Gasteiger partial charge is 0.275 e. The monoisotopic (exact) mass is 280 g/mol. The van der Waals surface area contributed by atoms with Crippen LogP contribution < -0.4 is 5.43 Å². The second kappa shape index (κ2) is 5.50. The van der Waals surface area contributed by atoms with Crippen LogP contribution in [0.1, 0.15) is 15.9 Å². The Morgan fingerprint density at radius 1 is 1.14 bits per heavy atom. The summed E-state index contributed by atoms with van der Waals surface area (Å²) < 4.78 is 5.31. The normalized spacial score (nSPS) is 11.0. The van der Waals surface area contributed by atoms with E-state index in [2.05, 4.69) is 10.5 Å². The number of rotatable bonds is 3. The fraction of sp³-hybridized carbons (Fsp3) is 0. The van der Waals surface area contributed by atoms with E-state index >= 15 is 0 Å². The number of benzene rings is 2. The highest BCUT2D eigenvalue weighted by atomic mass is 16.3. The summed E-state index contributed by atoms with van der Waals surface area (Å²) in [6.45, 7) is 0. The maximum absolute atomic E-state index is 12.0. The number of carbonyl (C=O) groups is 1. The number of aromatic hydroxyl groups is 1. The molecule has 1 aromatic heterocycles. The predicted molar refractivity (Wildman–Crippen MR) is 79.4 cm³/mol. The number of hydrazone groups is 1. The van der Waals surface area contributed by atoms with Crippen molar-refractivity contribution in [2.75, 3.05) is 0 Å². The van der Waals surface area contributed by atoms with Crippen molar-refractivity contribution in [2.45, 2.75) is 0 Å². The molecule has 0 aliphatic rings. The molecule has 3 aromatic rings. The first-order valence-electron chi connectivity index (χ1n) is 6.33. The maximum Gasteiger partial charge on any atom is 0.275 e. The number of phenols is 1. The van der Waals surface area contributed by atoms with E-state index in [1.165, 1.54) is 12.5 Å². The van der Waals surface area contributed by atoms with Gasteiger partial charge in [0.15, 0.2) is 0 Å². The summed E-state index contributed by atoms with van der Waals surface area (Å²) in [5.41, 5.74) is 4.31. The third-order valence-corrected chi connectivity index (χ3v) is 3.00. The molecule has 5 nitrogen and oxygen atoms in total. The van der Waals surface area contributed by atoms with Crippen LogP contribution in [0, 0.1) is 0 Å². The topological polar surface area (TPSA) is 74.8 Å². The van der Waals surface area contributed by atoms with Gasteiger partial charge in [-0.1, -0.05) is 18.2 Å². The number of hydrogen-bond acceptors (Lipinski definition) is 4. The van der Waals surface area contributed by atoms with Crippen LogP contribution in [0.4, 0.5) is 0 Å². The van der Waals surface area contributed by atoms with E-state index in [0.717, 1.165) is 10.9 Å². The van der Waals surface area contributed by atoms with Gasteiger partial charge in [0.25, 0.3) is 5.91 Å². The molecule has 2 N–H and O–H groups in total. The predicted octanol–water partition coefficient (Wildman–Crippen LogP) is 2.90. The van der Waals surface area contributed by atoms with E-state index in [4.69, 9.17) is 4.42 Å². The van der Waals surface area contributed by atoms with E-state index in [9.17, 15) is 9.90 Å². The highest BCUT2D eigenvalue weighted by Crippen LogP contribution is 2.20. The Morgan fingerprint density at radius 3 is 2.71 bits per heavy atom. The molecule has 0 radical (unpaired) electrons. The van der Waals surface area contributed by atoms with E-state index in [-0.39, 0.29) is 11.7 Å². The average Bonchev–Trinajstić information content (AvgIpc) is 2.93. The van der Waals surface area contributed by atoms with Crippen molar-refractivity contribution in [3.05, 3.63) is 65.9 Å². The van der Waals surface area contributed by atoms with Crippen molar-refractivity contribution >= 4 is 23.1 Å². The van der Waals surface area contributed by atoms with Crippen LogP contribution in [0.3, 0.4) is 0 Å². The fourth-order valence-electron chi connectivity index (χ4n) is 1.94. The van der Waals surface area contributed by atoms with Gasteiger partial charge >= 0.3 is 0 Å². The van der Waals surface area contributed by atoms with Gasteiger partial charge in [-0.25, -0.2) is 5.43 Å².